The highest BCUT2D eigenvalue weighted by molar-refractivity contribution is 5.91. The fourth-order valence-corrected chi connectivity index (χ4v) is 4.60. The molecule has 5 rings (SSSR count). The van der Waals surface area contributed by atoms with Crippen molar-refractivity contribution in [1.82, 2.24) is 0 Å². The lowest BCUT2D eigenvalue weighted by Gasteiger charge is -2.20. The number of anilines is 1. The van der Waals surface area contributed by atoms with Gasteiger partial charge in [-0.15, -0.1) is 0 Å². The van der Waals surface area contributed by atoms with Crippen LogP contribution in [0.25, 0.3) is 21.9 Å². The van der Waals surface area contributed by atoms with Crippen LogP contribution in [0, 0.1) is 0 Å². The van der Waals surface area contributed by atoms with Gasteiger partial charge in [-0.1, -0.05) is 49.7 Å². The minimum absolute atomic E-state index is 0.128. The van der Waals surface area contributed by atoms with Gasteiger partial charge in [-0.2, -0.15) is 0 Å². The average Bonchev–Trinajstić information content (AvgIpc) is 2.91. The van der Waals surface area contributed by atoms with Gasteiger partial charge in [0.05, 0.1) is 27.8 Å². The van der Waals surface area contributed by atoms with Crippen molar-refractivity contribution in [2.75, 3.05) is 5.32 Å². The van der Waals surface area contributed by atoms with Crippen molar-refractivity contribution in [3.05, 3.63) is 110 Å². The van der Waals surface area contributed by atoms with E-state index in [9.17, 15) is 24.6 Å². The van der Waals surface area contributed by atoms with Gasteiger partial charge in [0.25, 0.3) is 0 Å². The van der Waals surface area contributed by atoms with Crippen molar-refractivity contribution in [1.29, 1.82) is 0 Å². The molecule has 3 aromatic carbocycles. The van der Waals surface area contributed by atoms with Gasteiger partial charge in [-0.3, -0.25) is 4.79 Å². The van der Waals surface area contributed by atoms with Crippen molar-refractivity contribution >= 4 is 33.5 Å². The number of benzene rings is 3. The highest BCUT2D eigenvalue weighted by Crippen LogP contribution is 2.42. The van der Waals surface area contributed by atoms with Gasteiger partial charge in [0, 0.05) is 12.1 Å². The number of aromatic hydroxyl groups is 2. The van der Waals surface area contributed by atoms with Gasteiger partial charge < -0.3 is 24.4 Å². The summed E-state index contributed by atoms with van der Waals surface area (Å²) >= 11 is 0. The maximum Gasteiger partial charge on any atom is 0.344 e. The lowest BCUT2D eigenvalue weighted by molar-refractivity contribution is -0.116. The Morgan fingerprint density at radius 2 is 1.29 bits per heavy atom. The molecule has 8 nitrogen and oxygen atoms in total. The Labute approximate surface area is 216 Å². The largest absolute Gasteiger partial charge is 0.507 e. The fourth-order valence-electron chi connectivity index (χ4n) is 4.60. The van der Waals surface area contributed by atoms with E-state index in [2.05, 4.69) is 5.32 Å². The predicted octanol–water partition coefficient (Wildman–Crippen LogP) is 5.62. The summed E-state index contributed by atoms with van der Waals surface area (Å²) in [6, 6.07) is 19.5. The number of unbranched alkanes of at least 4 members (excludes halogenated alkanes) is 1. The molecule has 0 saturated heterocycles. The second-order valence-electron chi connectivity index (χ2n) is 9.00. The summed E-state index contributed by atoms with van der Waals surface area (Å²) in [6.07, 6.45) is 2.04. The Balaban J connectivity index is 1.72. The van der Waals surface area contributed by atoms with E-state index in [-0.39, 0.29) is 50.5 Å². The van der Waals surface area contributed by atoms with Crippen LogP contribution in [-0.4, -0.2) is 16.1 Å². The molecule has 0 unspecified atom stereocenters. The van der Waals surface area contributed by atoms with Crippen LogP contribution in [0.15, 0.2) is 91.2 Å². The molecule has 0 aliphatic carbocycles. The first-order valence-corrected chi connectivity index (χ1v) is 12.3. The zero-order valence-corrected chi connectivity index (χ0v) is 20.6. The second-order valence-corrected chi connectivity index (χ2v) is 9.00. The van der Waals surface area contributed by atoms with E-state index < -0.39 is 17.2 Å². The number of hydrogen-bond acceptors (Lipinski definition) is 7. The Kier molecular flexibility index (Phi) is 6.70. The number of carbonyl (C=O) groups is 1. The second kappa shape index (κ2) is 10.3. The maximum atomic E-state index is 13.2. The number of para-hydroxylation sites is 2. The van der Waals surface area contributed by atoms with Crippen LogP contribution in [-0.2, 0) is 4.79 Å². The molecule has 0 bridgehead atoms. The molecule has 0 fully saturated rings. The van der Waals surface area contributed by atoms with E-state index in [1.165, 1.54) is 0 Å². The number of nitrogens with one attached hydrogen (secondary N) is 1. The fraction of sp³-hybridized carbons (Fsp3) is 0.167. The Hall–Kier alpha value is -4.85. The van der Waals surface area contributed by atoms with Crippen molar-refractivity contribution in [3.63, 3.8) is 0 Å². The molecule has 38 heavy (non-hydrogen) atoms. The first kappa shape index (κ1) is 24.8. The molecule has 2 aromatic heterocycles. The van der Waals surface area contributed by atoms with Gasteiger partial charge in [0.15, 0.2) is 0 Å². The number of rotatable bonds is 7. The summed E-state index contributed by atoms with van der Waals surface area (Å²) in [6.45, 7) is 2.00. The summed E-state index contributed by atoms with van der Waals surface area (Å²) in [5, 5.41) is 25.9. The van der Waals surface area contributed by atoms with Crippen LogP contribution in [0.3, 0.4) is 0 Å². The smallest absolute Gasteiger partial charge is 0.344 e. The monoisotopic (exact) mass is 511 g/mol. The maximum absolute atomic E-state index is 13.2. The van der Waals surface area contributed by atoms with Crippen molar-refractivity contribution in [2.24, 2.45) is 0 Å². The third-order valence-electron chi connectivity index (χ3n) is 6.50. The molecule has 1 amide bonds. The lowest BCUT2D eigenvalue weighted by Crippen LogP contribution is -2.21. The molecule has 0 radical (unpaired) electrons. The lowest BCUT2D eigenvalue weighted by atomic mass is 9.84. The molecule has 2 heterocycles. The molecule has 0 saturated carbocycles. The zero-order valence-electron chi connectivity index (χ0n) is 20.6. The average molecular weight is 512 g/mol. The summed E-state index contributed by atoms with van der Waals surface area (Å²) in [5.41, 5.74) is -0.895. The van der Waals surface area contributed by atoms with Crippen LogP contribution in [0.2, 0.25) is 0 Å². The third kappa shape index (κ3) is 4.52. The van der Waals surface area contributed by atoms with Gasteiger partial charge >= 0.3 is 11.3 Å². The Morgan fingerprint density at radius 1 is 0.789 bits per heavy atom. The van der Waals surface area contributed by atoms with Crippen LogP contribution >= 0.6 is 0 Å². The topological polar surface area (TPSA) is 130 Å². The molecule has 5 aromatic rings. The van der Waals surface area contributed by atoms with E-state index >= 15 is 0 Å². The van der Waals surface area contributed by atoms with Crippen LogP contribution < -0.4 is 16.6 Å². The summed E-state index contributed by atoms with van der Waals surface area (Å²) in [4.78, 5) is 38.7. The van der Waals surface area contributed by atoms with E-state index in [4.69, 9.17) is 8.83 Å². The SMILES string of the molecule is CCCCC(=O)Nc1ccc(C(c2c(O)c3ccccc3oc2=O)c2c(O)c3ccccc3oc2=O)cc1. The number of fused-ring (bicyclic) bond motifs is 2. The van der Waals surface area contributed by atoms with E-state index in [1.807, 2.05) is 6.92 Å². The summed E-state index contributed by atoms with van der Waals surface area (Å²) < 4.78 is 11.0. The van der Waals surface area contributed by atoms with Crippen molar-refractivity contribution in [2.45, 2.75) is 32.1 Å². The van der Waals surface area contributed by atoms with Crippen LogP contribution in [0.5, 0.6) is 11.5 Å². The minimum atomic E-state index is -1.23. The van der Waals surface area contributed by atoms with E-state index in [0.717, 1.165) is 12.8 Å². The number of hydrogen-bond donors (Lipinski definition) is 3. The first-order chi connectivity index (χ1) is 18.4. The standard InChI is InChI=1S/C30H25NO7/c1-2-3-12-23(32)31-18-15-13-17(14-16-18)24(25-27(33)19-8-4-6-10-21(19)37-29(25)35)26-28(34)20-9-5-7-11-22(20)38-30(26)36/h4-11,13-16,24,33-34H,2-3,12H2,1H3,(H,31,32). The zero-order chi connectivity index (χ0) is 26.8. The Bertz CT molecular complexity index is 1670. The van der Waals surface area contributed by atoms with Crippen LogP contribution in [0.4, 0.5) is 5.69 Å². The quantitative estimate of drug-likeness (QED) is 0.242. The van der Waals surface area contributed by atoms with E-state index in [1.54, 1.807) is 72.8 Å². The number of amides is 1. The molecule has 8 heteroatoms. The molecule has 0 spiro atoms. The third-order valence-corrected chi connectivity index (χ3v) is 6.50. The minimum Gasteiger partial charge on any atom is -0.507 e. The predicted molar refractivity (Wildman–Crippen MR) is 144 cm³/mol. The number of carbonyl (C=O) groups excluding carboxylic acids is 1. The van der Waals surface area contributed by atoms with Crippen molar-refractivity contribution < 1.29 is 23.8 Å². The Morgan fingerprint density at radius 3 is 1.79 bits per heavy atom. The molecule has 0 aliphatic rings. The van der Waals surface area contributed by atoms with Crippen LogP contribution in [0.1, 0.15) is 48.8 Å². The molecular formula is C30H25NO7. The van der Waals surface area contributed by atoms with Gasteiger partial charge in [0.1, 0.15) is 22.7 Å². The van der Waals surface area contributed by atoms with Crippen molar-refractivity contribution in [3.8, 4) is 11.5 Å². The van der Waals surface area contributed by atoms with Gasteiger partial charge in [-0.05, 0) is 48.4 Å². The molecule has 0 aliphatic heterocycles. The first-order valence-electron chi connectivity index (χ1n) is 12.3. The van der Waals surface area contributed by atoms with Gasteiger partial charge in [-0.25, -0.2) is 9.59 Å². The molecule has 0 atom stereocenters. The summed E-state index contributed by atoms with van der Waals surface area (Å²) in [5.74, 6) is -2.10. The normalized spacial score (nSPS) is 11.3. The highest BCUT2D eigenvalue weighted by atomic mass is 16.4. The molecular weight excluding hydrogens is 486 g/mol. The highest BCUT2D eigenvalue weighted by Gasteiger charge is 2.32. The van der Waals surface area contributed by atoms with E-state index in [0.29, 0.717) is 17.7 Å². The molecule has 3 N–H and O–H groups in total. The van der Waals surface area contributed by atoms with Gasteiger partial charge in [0.2, 0.25) is 5.91 Å². The summed E-state index contributed by atoms with van der Waals surface area (Å²) in [7, 11) is 0. The molecule has 192 valence electrons.